The quantitative estimate of drug-likeness (QED) is 0.868. The van der Waals surface area contributed by atoms with Crippen LogP contribution in [-0.4, -0.2) is 41.2 Å². The Morgan fingerprint density at radius 1 is 1.40 bits per heavy atom. The zero-order chi connectivity index (χ0) is 14.3. The first-order valence-corrected chi connectivity index (χ1v) is 6.70. The highest BCUT2D eigenvalue weighted by Gasteiger charge is 2.29. The Labute approximate surface area is 116 Å². The fourth-order valence-electron chi connectivity index (χ4n) is 2.73. The van der Waals surface area contributed by atoms with E-state index in [0.717, 1.165) is 13.1 Å². The first kappa shape index (κ1) is 12.9. The molecule has 2 aromatic rings. The van der Waals surface area contributed by atoms with Gasteiger partial charge in [0.1, 0.15) is 5.52 Å². The maximum Gasteiger partial charge on any atom is 0.338 e. The van der Waals surface area contributed by atoms with Gasteiger partial charge in [0.15, 0.2) is 5.58 Å². The first-order valence-electron chi connectivity index (χ1n) is 6.70. The molecule has 2 atom stereocenters. The average Bonchev–Trinajstić information content (AvgIpc) is 2.81. The van der Waals surface area contributed by atoms with Crippen LogP contribution in [0.3, 0.4) is 0 Å². The number of para-hydroxylation sites is 1. The number of carbonyl (C=O) groups is 1. The predicted octanol–water partition coefficient (Wildman–Crippen LogP) is 1.71. The molecule has 20 heavy (non-hydrogen) atoms. The number of anilines is 1. The second kappa shape index (κ2) is 4.79. The Morgan fingerprint density at radius 3 is 2.75 bits per heavy atom. The molecule has 0 bridgehead atoms. The van der Waals surface area contributed by atoms with Gasteiger partial charge < -0.3 is 19.7 Å². The molecule has 2 heterocycles. The fraction of sp³-hybridized carbons (Fsp3) is 0.429. The van der Waals surface area contributed by atoms with Crippen molar-refractivity contribution in [2.24, 2.45) is 0 Å². The van der Waals surface area contributed by atoms with Crippen molar-refractivity contribution in [3.63, 3.8) is 0 Å². The molecule has 1 saturated heterocycles. The van der Waals surface area contributed by atoms with Crippen molar-refractivity contribution >= 4 is 23.1 Å². The molecule has 1 aromatic heterocycles. The largest absolute Gasteiger partial charge is 0.478 e. The van der Waals surface area contributed by atoms with Crippen molar-refractivity contribution in [1.29, 1.82) is 0 Å². The SMILES string of the molecule is C[C@H]1CNC[C@H](C)N1c1nc2c(C(=O)O)cccc2o1. The van der Waals surface area contributed by atoms with Crippen molar-refractivity contribution in [3.8, 4) is 0 Å². The molecule has 106 valence electrons. The van der Waals surface area contributed by atoms with Crippen LogP contribution in [0.25, 0.3) is 11.1 Å². The van der Waals surface area contributed by atoms with Crippen molar-refractivity contribution in [1.82, 2.24) is 10.3 Å². The van der Waals surface area contributed by atoms with Gasteiger partial charge in [-0.15, -0.1) is 0 Å². The third-order valence-electron chi connectivity index (χ3n) is 3.69. The smallest absolute Gasteiger partial charge is 0.338 e. The van der Waals surface area contributed by atoms with Gasteiger partial charge in [0.2, 0.25) is 0 Å². The van der Waals surface area contributed by atoms with Crippen LogP contribution in [-0.2, 0) is 0 Å². The fourth-order valence-corrected chi connectivity index (χ4v) is 2.73. The standard InChI is InChI=1S/C14H17N3O3/c1-8-6-15-7-9(2)17(8)14-16-12-10(13(18)19)4-3-5-11(12)20-14/h3-5,8-9,15H,6-7H2,1-2H3,(H,18,19)/t8-,9-/m0/s1. The minimum atomic E-state index is -0.989. The monoisotopic (exact) mass is 275 g/mol. The summed E-state index contributed by atoms with van der Waals surface area (Å²) < 4.78 is 5.76. The van der Waals surface area contributed by atoms with Gasteiger partial charge in [-0.3, -0.25) is 0 Å². The zero-order valence-corrected chi connectivity index (χ0v) is 11.5. The Bertz CT molecular complexity index is 642. The molecule has 1 fully saturated rings. The molecule has 3 rings (SSSR count). The number of benzene rings is 1. The van der Waals surface area contributed by atoms with Crippen LogP contribution in [0.5, 0.6) is 0 Å². The molecule has 1 aliphatic heterocycles. The lowest BCUT2D eigenvalue weighted by molar-refractivity contribution is 0.0699. The summed E-state index contributed by atoms with van der Waals surface area (Å²) in [4.78, 5) is 17.7. The molecule has 0 radical (unpaired) electrons. The highest BCUT2D eigenvalue weighted by molar-refractivity contribution is 6.00. The van der Waals surface area contributed by atoms with Gasteiger partial charge in [-0.1, -0.05) is 6.07 Å². The van der Waals surface area contributed by atoms with E-state index in [2.05, 4.69) is 29.0 Å². The second-order valence-electron chi connectivity index (χ2n) is 5.22. The Kier molecular flexibility index (Phi) is 3.10. The van der Waals surface area contributed by atoms with E-state index in [-0.39, 0.29) is 17.6 Å². The molecular formula is C14H17N3O3. The van der Waals surface area contributed by atoms with E-state index in [0.29, 0.717) is 17.1 Å². The van der Waals surface area contributed by atoms with Crippen LogP contribution < -0.4 is 10.2 Å². The topological polar surface area (TPSA) is 78.6 Å². The summed E-state index contributed by atoms with van der Waals surface area (Å²) >= 11 is 0. The Morgan fingerprint density at radius 2 is 2.10 bits per heavy atom. The van der Waals surface area contributed by atoms with E-state index in [1.165, 1.54) is 0 Å². The van der Waals surface area contributed by atoms with E-state index >= 15 is 0 Å². The highest BCUT2D eigenvalue weighted by atomic mass is 16.4. The van der Waals surface area contributed by atoms with Crippen LogP contribution in [0, 0.1) is 0 Å². The number of carboxylic acids is 1. The molecule has 1 aliphatic rings. The molecular weight excluding hydrogens is 258 g/mol. The molecule has 6 nitrogen and oxygen atoms in total. The molecule has 0 spiro atoms. The number of carboxylic acid groups (broad SMARTS) is 1. The summed E-state index contributed by atoms with van der Waals surface area (Å²) in [6, 6.07) is 5.96. The number of fused-ring (bicyclic) bond motifs is 1. The average molecular weight is 275 g/mol. The number of nitrogens with zero attached hydrogens (tertiary/aromatic N) is 2. The number of aromatic carboxylic acids is 1. The van der Waals surface area contributed by atoms with Crippen LogP contribution in [0.15, 0.2) is 22.6 Å². The molecule has 0 aliphatic carbocycles. The maximum atomic E-state index is 11.2. The molecule has 2 N–H and O–H groups in total. The molecule has 0 unspecified atom stereocenters. The summed E-state index contributed by atoms with van der Waals surface area (Å²) in [6.45, 7) is 5.90. The van der Waals surface area contributed by atoms with Crippen LogP contribution >= 0.6 is 0 Å². The van der Waals surface area contributed by atoms with Crippen molar-refractivity contribution in [2.45, 2.75) is 25.9 Å². The van der Waals surface area contributed by atoms with Crippen molar-refractivity contribution in [2.75, 3.05) is 18.0 Å². The minimum absolute atomic E-state index is 0.174. The molecule has 1 aromatic carbocycles. The van der Waals surface area contributed by atoms with Crippen LogP contribution in [0.1, 0.15) is 24.2 Å². The zero-order valence-electron chi connectivity index (χ0n) is 11.5. The minimum Gasteiger partial charge on any atom is -0.478 e. The van der Waals surface area contributed by atoms with E-state index in [1.807, 2.05) is 0 Å². The van der Waals surface area contributed by atoms with Gasteiger partial charge in [0, 0.05) is 25.2 Å². The predicted molar refractivity (Wildman–Crippen MR) is 75.2 cm³/mol. The number of piperazine rings is 1. The number of nitrogens with one attached hydrogen (secondary N) is 1. The molecule has 6 heteroatoms. The lowest BCUT2D eigenvalue weighted by Gasteiger charge is -2.38. The summed E-state index contributed by atoms with van der Waals surface area (Å²) in [7, 11) is 0. The van der Waals surface area contributed by atoms with Gasteiger partial charge in [-0.05, 0) is 26.0 Å². The van der Waals surface area contributed by atoms with Crippen LogP contribution in [0.2, 0.25) is 0 Å². The van der Waals surface area contributed by atoms with E-state index < -0.39 is 5.97 Å². The van der Waals surface area contributed by atoms with E-state index in [1.54, 1.807) is 18.2 Å². The highest BCUT2D eigenvalue weighted by Crippen LogP contribution is 2.28. The maximum absolute atomic E-state index is 11.2. The van der Waals surface area contributed by atoms with Gasteiger partial charge in [0.25, 0.3) is 6.01 Å². The van der Waals surface area contributed by atoms with Gasteiger partial charge in [-0.25, -0.2) is 4.79 Å². The summed E-state index contributed by atoms with van der Waals surface area (Å²) in [5.74, 6) is -0.989. The first-order chi connectivity index (χ1) is 9.58. The van der Waals surface area contributed by atoms with Gasteiger partial charge in [-0.2, -0.15) is 4.98 Å². The number of rotatable bonds is 2. The lowest BCUT2D eigenvalue weighted by atomic mass is 10.1. The lowest BCUT2D eigenvalue weighted by Crippen LogP contribution is -2.55. The second-order valence-corrected chi connectivity index (χ2v) is 5.22. The summed E-state index contributed by atoms with van der Waals surface area (Å²) in [6.07, 6.45) is 0. The Hall–Kier alpha value is -2.08. The normalized spacial score (nSPS) is 23.2. The summed E-state index contributed by atoms with van der Waals surface area (Å²) in [5, 5.41) is 12.5. The number of aromatic nitrogens is 1. The molecule has 0 amide bonds. The summed E-state index contributed by atoms with van der Waals surface area (Å²) in [5.41, 5.74) is 1.10. The third kappa shape index (κ3) is 2.02. The van der Waals surface area contributed by atoms with Crippen molar-refractivity contribution in [3.05, 3.63) is 23.8 Å². The third-order valence-corrected chi connectivity index (χ3v) is 3.69. The number of hydrogen-bond donors (Lipinski definition) is 2. The van der Waals surface area contributed by atoms with E-state index in [9.17, 15) is 9.90 Å². The van der Waals surface area contributed by atoms with Crippen LogP contribution in [0.4, 0.5) is 6.01 Å². The molecule has 0 saturated carbocycles. The number of hydrogen-bond acceptors (Lipinski definition) is 5. The number of oxazole rings is 1. The Balaban J connectivity index is 2.08. The van der Waals surface area contributed by atoms with Crippen molar-refractivity contribution < 1.29 is 14.3 Å². The van der Waals surface area contributed by atoms with Gasteiger partial charge >= 0.3 is 5.97 Å². The van der Waals surface area contributed by atoms with Gasteiger partial charge in [0.05, 0.1) is 5.56 Å². The van der Waals surface area contributed by atoms with E-state index in [4.69, 9.17) is 4.42 Å².